The third-order valence-electron chi connectivity index (χ3n) is 2.09. The summed E-state index contributed by atoms with van der Waals surface area (Å²) < 4.78 is 0. The minimum atomic E-state index is -0.942. The molecule has 2 heterocycles. The molecule has 0 radical (unpaired) electrons. The summed E-state index contributed by atoms with van der Waals surface area (Å²) in [6.45, 7) is 0. The van der Waals surface area contributed by atoms with Crippen molar-refractivity contribution in [1.82, 2.24) is 15.5 Å². The monoisotopic (exact) mass is 288 g/mol. The number of carbonyl (C=O) groups excluding carboxylic acids is 2. The number of halogens is 1. The van der Waals surface area contributed by atoms with Crippen molar-refractivity contribution in [3.8, 4) is 0 Å². The summed E-state index contributed by atoms with van der Waals surface area (Å²) in [6.07, 6.45) is 3.38. The molecule has 0 aromatic carbocycles. The Morgan fingerprint density at radius 3 is 2.21 bits per heavy atom. The molecule has 2 amide bonds. The Balaban J connectivity index is 0.000000324. The molecule has 9 heteroatoms. The molecule has 8 nitrogen and oxygen atoms in total. The van der Waals surface area contributed by atoms with Crippen LogP contribution in [0.5, 0.6) is 0 Å². The van der Waals surface area contributed by atoms with Gasteiger partial charge in [0, 0.05) is 25.2 Å². The summed E-state index contributed by atoms with van der Waals surface area (Å²) in [5, 5.41) is 9.16. The lowest BCUT2D eigenvalue weighted by atomic mass is 10.3. The second-order valence-corrected chi connectivity index (χ2v) is 3.30. The molecule has 1 aliphatic heterocycles. The van der Waals surface area contributed by atoms with E-state index >= 15 is 0 Å². The number of carbonyl (C=O) groups is 3. The van der Waals surface area contributed by atoms with Crippen LogP contribution < -0.4 is 11.4 Å². The number of aromatic carboxylic acids is 1. The van der Waals surface area contributed by atoms with Gasteiger partial charge in [0.25, 0.3) is 0 Å². The summed E-state index contributed by atoms with van der Waals surface area (Å²) in [6, 6.07) is 3.08. The van der Waals surface area contributed by atoms with Gasteiger partial charge in [0.1, 0.15) is 0 Å². The quantitative estimate of drug-likeness (QED) is 0.388. The highest BCUT2D eigenvalue weighted by atomic mass is 35.5. The molecule has 4 N–H and O–H groups in total. The van der Waals surface area contributed by atoms with Gasteiger partial charge in [-0.1, -0.05) is 0 Å². The molecule has 0 bridgehead atoms. The van der Waals surface area contributed by atoms with Gasteiger partial charge in [0.15, 0.2) is 0 Å². The van der Waals surface area contributed by atoms with Crippen molar-refractivity contribution < 1.29 is 19.5 Å². The van der Waals surface area contributed by atoms with Crippen LogP contribution in [0.1, 0.15) is 23.2 Å². The van der Waals surface area contributed by atoms with Crippen molar-refractivity contribution in [2.45, 2.75) is 12.8 Å². The number of hydrogen-bond acceptors (Lipinski definition) is 6. The molecule has 1 aromatic heterocycles. The van der Waals surface area contributed by atoms with E-state index in [0.717, 1.165) is 5.01 Å². The summed E-state index contributed by atoms with van der Waals surface area (Å²) in [7, 11) is 0. The van der Waals surface area contributed by atoms with Gasteiger partial charge < -0.3 is 5.11 Å². The van der Waals surface area contributed by atoms with E-state index in [1.165, 1.54) is 18.5 Å². The first kappa shape index (κ1) is 17.0. The van der Waals surface area contributed by atoms with E-state index in [4.69, 9.17) is 10.9 Å². The Kier molecular flexibility index (Phi) is 7.27. The number of carboxylic acid groups (broad SMARTS) is 1. The largest absolute Gasteiger partial charge is 0.478 e. The molecule has 2 rings (SSSR count). The molecule has 1 aromatic rings. The first-order chi connectivity index (χ1) is 8.56. The van der Waals surface area contributed by atoms with E-state index in [-0.39, 0.29) is 42.6 Å². The highest BCUT2D eigenvalue weighted by molar-refractivity contribution is 6.01. The predicted molar refractivity (Wildman–Crippen MR) is 66.9 cm³/mol. The molecule has 104 valence electrons. The zero-order valence-electron chi connectivity index (χ0n) is 9.78. The Labute approximate surface area is 114 Å². The smallest absolute Gasteiger partial charge is 0.337 e. The van der Waals surface area contributed by atoms with Crippen molar-refractivity contribution in [2.24, 2.45) is 5.84 Å². The van der Waals surface area contributed by atoms with Crippen LogP contribution >= 0.6 is 12.4 Å². The van der Waals surface area contributed by atoms with Crippen molar-refractivity contribution in [3.63, 3.8) is 0 Å². The third-order valence-corrected chi connectivity index (χ3v) is 2.09. The number of nitrogens with two attached hydrogens (primary N) is 1. The van der Waals surface area contributed by atoms with Crippen LogP contribution in [0.4, 0.5) is 0 Å². The van der Waals surface area contributed by atoms with Gasteiger partial charge in [-0.2, -0.15) is 10.5 Å². The van der Waals surface area contributed by atoms with Crippen molar-refractivity contribution in [3.05, 3.63) is 30.1 Å². The topological polar surface area (TPSA) is 126 Å². The van der Waals surface area contributed by atoms with Crippen molar-refractivity contribution in [1.29, 1.82) is 0 Å². The lowest BCUT2D eigenvalue weighted by molar-refractivity contribution is -0.142. The number of rotatable bonds is 2. The fourth-order valence-corrected chi connectivity index (χ4v) is 1.21. The fraction of sp³-hybridized carbons (Fsp3) is 0.200. The highest BCUT2D eigenvalue weighted by Gasteiger charge is 2.27. The zero-order chi connectivity index (χ0) is 13.5. The molecule has 0 saturated carbocycles. The van der Waals surface area contributed by atoms with Gasteiger partial charge in [-0.05, 0) is 12.1 Å². The van der Waals surface area contributed by atoms with Gasteiger partial charge in [-0.15, -0.1) is 12.4 Å². The second kappa shape index (κ2) is 8.14. The van der Waals surface area contributed by atoms with Crippen LogP contribution in [0.25, 0.3) is 0 Å². The number of carboxylic acids is 1. The Hall–Kier alpha value is -2.03. The third kappa shape index (κ3) is 5.00. The van der Waals surface area contributed by atoms with E-state index in [2.05, 4.69) is 4.98 Å². The van der Waals surface area contributed by atoms with Gasteiger partial charge in [-0.25, -0.2) is 4.79 Å². The standard InChI is InChI=1S/C6H5NO2.C4H7N3O2.ClH/c8-6(9)5-2-1-3-7-4-5;5-6-7-3(8)1-2-4(7)9;/h1-4H,(H,8,9);6H,1-2,5H2;1H. The zero-order valence-corrected chi connectivity index (χ0v) is 10.6. The van der Waals surface area contributed by atoms with Gasteiger partial charge in [-0.3, -0.25) is 20.4 Å². The van der Waals surface area contributed by atoms with E-state index in [1.54, 1.807) is 6.07 Å². The minimum Gasteiger partial charge on any atom is -0.478 e. The minimum absolute atomic E-state index is 0. The van der Waals surface area contributed by atoms with Crippen LogP contribution in [0.15, 0.2) is 24.5 Å². The molecular formula is C10H13ClN4O4. The molecule has 1 fully saturated rings. The summed E-state index contributed by atoms with van der Waals surface area (Å²) in [5.74, 6) is 3.38. The maximum absolute atomic E-state index is 10.6. The van der Waals surface area contributed by atoms with E-state index < -0.39 is 5.97 Å². The molecule has 0 unspecified atom stereocenters. The number of aromatic nitrogens is 1. The van der Waals surface area contributed by atoms with Gasteiger partial charge >= 0.3 is 5.97 Å². The second-order valence-electron chi connectivity index (χ2n) is 3.30. The molecular weight excluding hydrogens is 276 g/mol. The number of hydrogen-bond donors (Lipinski definition) is 3. The number of hydrazine groups is 2. The summed E-state index contributed by atoms with van der Waals surface area (Å²) in [5.41, 5.74) is 2.22. The van der Waals surface area contributed by atoms with Crippen molar-refractivity contribution in [2.75, 3.05) is 0 Å². The Morgan fingerprint density at radius 2 is 1.95 bits per heavy atom. The van der Waals surface area contributed by atoms with Crippen LogP contribution in [-0.2, 0) is 9.59 Å². The maximum atomic E-state index is 10.6. The average molecular weight is 289 g/mol. The first-order valence-electron chi connectivity index (χ1n) is 5.01. The van der Waals surface area contributed by atoms with E-state index in [9.17, 15) is 14.4 Å². The molecule has 0 spiro atoms. The van der Waals surface area contributed by atoms with Crippen LogP contribution in [0, 0.1) is 0 Å². The molecule has 0 atom stereocenters. The van der Waals surface area contributed by atoms with Crippen LogP contribution in [0.2, 0.25) is 0 Å². The van der Waals surface area contributed by atoms with Gasteiger partial charge in [0.2, 0.25) is 11.8 Å². The maximum Gasteiger partial charge on any atom is 0.337 e. The Bertz CT molecular complexity index is 438. The number of pyridine rings is 1. The SMILES string of the molecule is Cl.NNN1C(=O)CCC1=O.O=C(O)c1cccnc1. The molecule has 0 aliphatic carbocycles. The first-order valence-corrected chi connectivity index (χ1v) is 5.01. The number of nitrogens with one attached hydrogen (secondary N) is 1. The predicted octanol–water partition coefficient (Wildman–Crippen LogP) is -0.285. The number of amides is 2. The van der Waals surface area contributed by atoms with Crippen molar-refractivity contribution >= 4 is 30.2 Å². The molecule has 19 heavy (non-hydrogen) atoms. The van der Waals surface area contributed by atoms with Crippen LogP contribution in [-0.4, -0.2) is 32.9 Å². The average Bonchev–Trinajstić information content (AvgIpc) is 2.70. The lowest BCUT2D eigenvalue weighted by Crippen LogP contribution is -2.46. The van der Waals surface area contributed by atoms with Crippen LogP contribution in [0.3, 0.4) is 0 Å². The van der Waals surface area contributed by atoms with E-state index in [0.29, 0.717) is 0 Å². The Morgan fingerprint density at radius 1 is 1.37 bits per heavy atom. The number of imide groups is 1. The summed E-state index contributed by atoms with van der Waals surface area (Å²) in [4.78, 5) is 34.9. The summed E-state index contributed by atoms with van der Waals surface area (Å²) >= 11 is 0. The van der Waals surface area contributed by atoms with Gasteiger partial charge in [0.05, 0.1) is 5.56 Å². The highest BCUT2D eigenvalue weighted by Crippen LogP contribution is 2.06. The number of nitrogens with zero attached hydrogens (tertiary/aromatic N) is 2. The van der Waals surface area contributed by atoms with E-state index in [1.807, 2.05) is 5.53 Å². The normalized spacial score (nSPS) is 13.4. The molecule has 1 aliphatic rings. The molecule has 1 saturated heterocycles. The lowest BCUT2D eigenvalue weighted by Gasteiger charge is -2.08. The fourth-order valence-electron chi connectivity index (χ4n) is 1.21.